The minimum atomic E-state index is -0.305. The van der Waals surface area contributed by atoms with Crippen molar-refractivity contribution in [2.24, 2.45) is 11.3 Å². The quantitative estimate of drug-likeness (QED) is 0.633. The molecule has 0 amide bonds. The van der Waals surface area contributed by atoms with Crippen LogP contribution >= 0.6 is 0 Å². The number of anilines is 1. The number of aryl methyl sites for hydroxylation is 1. The fraction of sp³-hybridized carbons (Fsp3) is 0.375. The maximum Gasteiger partial charge on any atom is 0.223 e. The van der Waals surface area contributed by atoms with Crippen molar-refractivity contribution in [2.75, 3.05) is 5.32 Å². The van der Waals surface area contributed by atoms with Gasteiger partial charge in [0.1, 0.15) is 12.4 Å². The van der Waals surface area contributed by atoms with Crippen LogP contribution in [0.5, 0.6) is 0 Å². The summed E-state index contributed by atoms with van der Waals surface area (Å²) in [5.74, 6) is 0.749. The van der Waals surface area contributed by atoms with Crippen LogP contribution in [0.4, 0.5) is 5.95 Å². The summed E-state index contributed by atoms with van der Waals surface area (Å²) in [6, 6.07) is 10.4. The number of aliphatic hydroxyl groups excluding tert-OH is 1. The summed E-state index contributed by atoms with van der Waals surface area (Å²) in [7, 11) is 0. The van der Waals surface area contributed by atoms with E-state index in [1.165, 1.54) is 5.56 Å². The highest BCUT2D eigenvalue weighted by atomic mass is 16.3. The summed E-state index contributed by atoms with van der Waals surface area (Å²) in [4.78, 5) is 17.6. The lowest BCUT2D eigenvalue weighted by Gasteiger charge is -2.49. The van der Waals surface area contributed by atoms with E-state index in [0.29, 0.717) is 30.2 Å². The maximum absolute atomic E-state index is 10.0. The molecule has 0 spiro atoms. The molecule has 31 heavy (non-hydrogen) atoms. The van der Waals surface area contributed by atoms with E-state index in [1.54, 1.807) is 18.7 Å². The van der Waals surface area contributed by atoms with Crippen LogP contribution in [0, 0.1) is 29.6 Å². The van der Waals surface area contributed by atoms with Gasteiger partial charge in [-0.25, -0.2) is 19.9 Å². The van der Waals surface area contributed by atoms with Gasteiger partial charge in [-0.15, -0.1) is 0 Å². The monoisotopic (exact) mass is 414 g/mol. The lowest BCUT2D eigenvalue weighted by molar-refractivity contribution is -0.0978. The molecular weight excluding hydrogens is 388 g/mol. The van der Waals surface area contributed by atoms with Crippen molar-refractivity contribution in [3.8, 4) is 17.3 Å². The molecule has 158 valence electrons. The predicted molar refractivity (Wildman–Crippen MR) is 118 cm³/mol. The van der Waals surface area contributed by atoms with E-state index in [1.807, 2.05) is 12.1 Å². The van der Waals surface area contributed by atoms with Gasteiger partial charge in [0.2, 0.25) is 5.95 Å². The summed E-state index contributed by atoms with van der Waals surface area (Å²) in [6.45, 7) is 6.63. The lowest BCUT2D eigenvalue weighted by Crippen LogP contribution is -2.50. The Morgan fingerprint density at radius 3 is 2.65 bits per heavy atom. The SMILES string of the molecule is Cc1ccc(-c2ncncc2CNc2ncc(C#N)c(C[C@@H]3C[C@H](O)C3(C)C)n2)cc1. The summed E-state index contributed by atoms with van der Waals surface area (Å²) in [5, 5.41) is 22.7. The Balaban J connectivity index is 1.52. The third kappa shape index (κ3) is 4.25. The summed E-state index contributed by atoms with van der Waals surface area (Å²) in [5.41, 5.74) is 5.04. The van der Waals surface area contributed by atoms with Gasteiger partial charge in [0, 0.05) is 23.9 Å². The number of nitriles is 1. The zero-order chi connectivity index (χ0) is 22.0. The van der Waals surface area contributed by atoms with Crippen molar-refractivity contribution in [3.05, 3.63) is 65.4 Å². The van der Waals surface area contributed by atoms with Crippen LogP contribution in [0.2, 0.25) is 0 Å². The second kappa shape index (κ2) is 8.40. The Bertz CT molecular complexity index is 1120. The van der Waals surface area contributed by atoms with E-state index in [-0.39, 0.29) is 17.4 Å². The Hall–Kier alpha value is -3.37. The molecule has 0 bridgehead atoms. The zero-order valence-electron chi connectivity index (χ0n) is 18.0. The maximum atomic E-state index is 10.0. The standard InChI is InChI=1S/C24H26N6O/c1-15-4-6-16(7-5-15)22-18(11-26-14-29-22)13-28-23-27-12-17(10-25)20(30-23)8-19-9-21(31)24(19,2)3/h4-7,11-12,14,19,21,31H,8-9,13H2,1-3H3,(H,27,28,30)/t19-,21+/m1/s1. The van der Waals surface area contributed by atoms with Crippen LogP contribution in [-0.2, 0) is 13.0 Å². The molecule has 1 aliphatic carbocycles. The van der Waals surface area contributed by atoms with Crippen molar-refractivity contribution in [3.63, 3.8) is 0 Å². The number of hydrogen-bond acceptors (Lipinski definition) is 7. The Morgan fingerprint density at radius 1 is 1.19 bits per heavy atom. The first kappa shape index (κ1) is 20.9. The van der Waals surface area contributed by atoms with Crippen LogP contribution in [0.1, 0.15) is 42.7 Å². The molecule has 3 aromatic rings. The molecule has 2 heterocycles. The van der Waals surface area contributed by atoms with Crippen LogP contribution in [0.3, 0.4) is 0 Å². The fourth-order valence-corrected chi connectivity index (χ4v) is 3.95. The number of aromatic nitrogens is 4. The van der Waals surface area contributed by atoms with Crippen LogP contribution in [0.25, 0.3) is 11.3 Å². The predicted octanol–water partition coefficient (Wildman–Crippen LogP) is 3.68. The molecule has 2 atom stereocenters. The molecule has 0 unspecified atom stereocenters. The Labute approximate surface area is 182 Å². The number of nitrogens with zero attached hydrogens (tertiary/aromatic N) is 5. The number of rotatable bonds is 6. The molecule has 1 aliphatic rings. The summed E-state index contributed by atoms with van der Waals surface area (Å²) >= 11 is 0. The average molecular weight is 415 g/mol. The van der Waals surface area contributed by atoms with E-state index < -0.39 is 0 Å². The fourth-order valence-electron chi connectivity index (χ4n) is 3.95. The van der Waals surface area contributed by atoms with Crippen LogP contribution in [-0.4, -0.2) is 31.1 Å². The van der Waals surface area contributed by atoms with Crippen molar-refractivity contribution in [2.45, 2.75) is 46.3 Å². The first-order valence-corrected chi connectivity index (χ1v) is 10.4. The van der Waals surface area contributed by atoms with Crippen molar-refractivity contribution in [1.82, 2.24) is 19.9 Å². The van der Waals surface area contributed by atoms with Crippen LogP contribution < -0.4 is 5.32 Å². The molecule has 0 radical (unpaired) electrons. The first-order chi connectivity index (χ1) is 14.9. The molecule has 1 fully saturated rings. The molecule has 1 aromatic carbocycles. The van der Waals surface area contributed by atoms with E-state index in [9.17, 15) is 10.4 Å². The minimum Gasteiger partial charge on any atom is -0.393 e. The molecule has 7 nitrogen and oxygen atoms in total. The molecule has 7 heteroatoms. The van der Waals surface area contributed by atoms with Gasteiger partial charge in [-0.2, -0.15) is 5.26 Å². The Morgan fingerprint density at radius 2 is 1.97 bits per heavy atom. The molecule has 1 saturated carbocycles. The molecule has 2 N–H and O–H groups in total. The largest absolute Gasteiger partial charge is 0.393 e. The number of hydrogen-bond donors (Lipinski definition) is 2. The second-order valence-corrected chi connectivity index (χ2v) is 8.76. The lowest BCUT2D eigenvalue weighted by atomic mass is 9.58. The highest BCUT2D eigenvalue weighted by Crippen LogP contribution is 2.47. The second-order valence-electron chi connectivity index (χ2n) is 8.76. The molecule has 0 saturated heterocycles. The number of benzene rings is 1. The van der Waals surface area contributed by atoms with Crippen molar-refractivity contribution < 1.29 is 5.11 Å². The van der Waals surface area contributed by atoms with Gasteiger partial charge in [0.25, 0.3) is 0 Å². The highest BCUT2D eigenvalue weighted by molar-refractivity contribution is 5.63. The van der Waals surface area contributed by atoms with E-state index in [4.69, 9.17) is 0 Å². The Kier molecular flexibility index (Phi) is 5.66. The first-order valence-electron chi connectivity index (χ1n) is 10.4. The average Bonchev–Trinajstić information content (AvgIpc) is 2.78. The van der Waals surface area contributed by atoms with Gasteiger partial charge in [-0.3, -0.25) is 0 Å². The van der Waals surface area contributed by atoms with Gasteiger partial charge in [0.05, 0.1) is 29.3 Å². The van der Waals surface area contributed by atoms with Crippen molar-refractivity contribution >= 4 is 5.95 Å². The van der Waals surface area contributed by atoms with Gasteiger partial charge in [0.15, 0.2) is 0 Å². The minimum absolute atomic E-state index is 0.171. The van der Waals surface area contributed by atoms with E-state index in [0.717, 1.165) is 23.2 Å². The molecule has 4 rings (SSSR count). The zero-order valence-corrected chi connectivity index (χ0v) is 18.0. The normalized spacial score (nSPS) is 19.3. The topological polar surface area (TPSA) is 108 Å². The molecule has 0 aliphatic heterocycles. The summed E-state index contributed by atoms with van der Waals surface area (Å²) in [6.07, 6.45) is 5.97. The van der Waals surface area contributed by atoms with Crippen molar-refractivity contribution in [1.29, 1.82) is 5.26 Å². The van der Waals surface area contributed by atoms with Gasteiger partial charge < -0.3 is 10.4 Å². The third-order valence-electron chi connectivity index (χ3n) is 6.40. The third-order valence-corrected chi connectivity index (χ3v) is 6.40. The number of aliphatic hydroxyl groups is 1. The number of nitrogens with one attached hydrogen (secondary N) is 1. The van der Waals surface area contributed by atoms with Gasteiger partial charge in [-0.1, -0.05) is 43.7 Å². The summed E-state index contributed by atoms with van der Waals surface area (Å²) < 4.78 is 0. The smallest absolute Gasteiger partial charge is 0.223 e. The molecular formula is C24H26N6O. The van der Waals surface area contributed by atoms with Gasteiger partial charge in [-0.05, 0) is 31.1 Å². The van der Waals surface area contributed by atoms with E-state index >= 15 is 0 Å². The van der Waals surface area contributed by atoms with E-state index in [2.05, 4.69) is 64.2 Å². The highest BCUT2D eigenvalue weighted by Gasteiger charge is 2.47. The molecule has 2 aromatic heterocycles. The van der Waals surface area contributed by atoms with Gasteiger partial charge >= 0.3 is 0 Å². The van der Waals surface area contributed by atoms with Crippen LogP contribution in [0.15, 0.2) is 43.0 Å².